The number of nitrogens with zero attached hydrogens (tertiary/aromatic N) is 3. The highest BCUT2D eigenvalue weighted by Gasteiger charge is 2.24. The molecule has 0 aliphatic heterocycles. The van der Waals surface area contributed by atoms with Crippen LogP contribution in [-0.2, 0) is 22.4 Å². The van der Waals surface area contributed by atoms with E-state index in [2.05, 4.69) is 17.0 Å². The second-order valence-electron chi connectivity index (χ2n) is 4.15. The minimum Gasteiger partial charge on any atom is -0.464 e. The van der Waals surface area contributed by atoms with Crippen LogP contribution < -0.4 is 0 Å². The van der Waals surface area contributed by atoms with Gasteiger partial charge in [0.05, 0.1) is 6.61 Å². The predicted octanol–water partition coefficient (Wildman–Crippen LogP) is 2.31. The molecule has 0 N–H and O–H groups in total. The number of carbonyl (C=O) groups excluding carboxylic acids is 1. The smallest absolute Gasteiger partial charge is 0.330 e. The van der Waals surface area contributed by atoms with Gasteiger partial charge >= 0.3 is 5.97 Å². The summed E-state index contributed by atoms with van der Waals surface area (Å²) in [5, 5.41) is 4.43. The minimum atomic E-state index is -0.335. The van der Waals surface area contributed by atoms with Crippen molar-refractivity contribution in [3.05, 3.63) is 11.6 Å². The lowest BCUT2D eigenvalue weighted by atomic mass is 10.1. The van der Waals surface area contributed by atoms with E-state index >= 15 is 0 Å². The molecule has 0 spiro atoms. The minimum absolute atomic E-state index is 0.207. The van der Waals surface area contributed by atoms with Gasteiger partial charge in [0, 0.05) is 12.8 Å². The lowest BCUT2D eigenvalue weighted by Crippen LogP contribution is -2.24. The fraction of sp³-hybridized carbons (Fsp3) is 0.769. The van der Waals surface area contributed by atoms with Crippen molar-refractivity contribution in [3.8, 4) is 0 Å². The van der Waals surface area contributed by atoms with Crippen LogP contribution in [0.3, 0.4) is 0 Å². The van der Waals surface area contributed by atoms with Gasteiger partial charge in [0.15, 0.2) is 11.9 Å². The summed E-state index contributed by atoms with van der Waals surface area (Å²) in [5.41, 5.74) is 0. The van der Waals surface area contributed by atoms with E-state index in [1.54, 1.807) is 4.68 Å². The highest BCUT2D eigenvalue weighted by molar-refractivity contribution is 5.74. The largest absolute Gasteiger partial charge is 0.464 e. The van der Waals surface area contributed by atoms with Gasteiger partial charge in [-0.2, -0.15) is 5.10 Å². The second kappa shape index (κ2) is 7.13. The molecule has 1 atom stereocenters. The standard InChI is InChI=1S/C13H23N3O2/c1-5-9-10(13(17)18-8-4)16-12(7-3)14-11(6-2)15-16/h10H,5-9H2,1-4H3. The zero-order valence-electron chi connectivity index (χ0n) is 11.8. The average Bonchev–Trinajstić information content (AvgIpc) is 2.79. The van der Waals surface area contributed by atoms with Gasteiger partial charge in [0.2, 0.25) is 0 Å². The molecule has 0 saturated heterocycles. The third kappa shape index (κ3) is 3.31. The van der Waals surface area contributed by atoms with E-state index in [0.29, 0.717) is 6.61 Å². The van der Waals surface area contributed by atoms with Crippen molar-refractivity contribution in [2.24, 2.45) is 0 Å². The van der Waals surface area contributed by atoms with E-state index in [4.69, 9.17) is 4.74 Å². The van der Waals surface area contributed by atoms with E-state index in [9.17, 15) is 4.79 Å². The summed E-state index contributed by atoms with van der Waals surface area (Å²) in [6, 6.07) is -0.335. The average molecular weight is 253 g/mol. The number of hydrogen-bond acceptors (Lipinski definition) is 4. The molecule has 1 aromatic heterocycles. The number of rotatable bonds is 7. The zero-order valence-corrected chi connectivity index (χ0v) is 11.8. The Morgan fingerprint density at radius 2 is 2.00 bits per heavy atom. The molecule has 0 bridgehead atoms. The van der Waals surface area contributed by atoms with E-state index in [-0.39, 0.29) is 12.0 Å². The van der Waals surface area contributed by atoms with Crippen molar-refractivity contribution in [3.63, 3.8) is 0 Å². The van der Waals surface area contributed by atoms with Gasteiger partial charge in [-0.1, -0.05) is 27.2 Å². The molecule has 1 heterocycles. The maximum absolute atomic E-state index is 12.0. The molecule has 0 radical (unpaired) electrons. The molecule has 1 unspecified atom stereocenters. The molecule has 1 aromatic rings. The van der Waals surface area contributed by atoms with Crippen LogP contribution in [0.2, 0.25) is 0 Å². The summed E-state index contributed by atoms with van der Waals surface area (Å²) in [6.07, 6.45) is 3.20. The predicted molar refractivity (Wildman–Crippen MR) is 69.4 cm³/mol. The number of aryl methyl sites for hydroxylation is 2. The lowest BCUT2D eigenvalue weighted by Gasteiger charge is -2.16. The van der Waals surface area contributed by atoms with Crippen molar-refractivity contribution < 1.29 is 9.53 Å². The van der Waals surface area contributed by atoms with E-state index in [1.165, 1.54) is 0 Å². The molecule has 0 aromatic carbocycles. The number of aromatic nitrogens is 3. The molecule has 5 heteroatoms. The van der Waals surface area contributed by atoms with Crippen LogP contribution in [0.15, 0.2) is 0 Å². The third-order valence-corrected chi connectivity index (χ3v) is 2.79. The second-order valence-corrected chi connectivity index (χ2v) is 4.15. The topological polar surface area (TPSA) is 57.0 Å². The molecular weight excluding hydrogens is 230 g/mol. The Balaban J connectivity index is 3.03. The molecule has 0 fully saturated rings. The first-order valence-corrected chi connectivity index (χ1v) is 6.78. The van der Waals surface area contributed by atoms with Crippen molar-refractivity contribution >= 4 is 5.97 Å². The van der Waals surface area contributed by atoms with Crippen LogP contribution in [0.25, 0.3) is 0 Å². The van der Waals surface area contributed by atoms with Crippen molar-refractivity contribution in [2.75, 3.05) is 6.61 Å². The summed E-state index contributed by atoms with van der Waals surface area (Å²) in [5.74, 6) is 1.44. The van der Waals surface area contributed by atoms with Crippen LogP contribution >= 0.6 is 0 Å². The number of hydrogen-bond donors (Lipinski definition) is 0. The fourth-order valence-corrected chi connectivity index (χ4v) is 1.90. The molecule has 0 amide bonds. The van der Waals surface area contributed by atoms with E-state index in [1.807, 2.05) is 20.8 Å². The molecule has 5 nitrogen and oxygen atoms in total. The van der Waals surface area contributed by atoms with Crippen LogP contribution in [0, 0.1) is 0 Å². The maximum atomic E-state index is 12.0. The van der Waals surface area contributed by atoms with Gasteiger partial charge in [-0.3, -0.25) is 0 Å². The van der Waals surface area contributed by atoms with Gasteiger partial charge in [-0.25, -0.2) is 14.5 Å². The Morgan fingerprint density at radius 3 is 2.50 bits per heavy atom. The first-order chi connectivity index (χ1) is 8.67. The quantitative estimate of drug-likeness (QED) is 0.700. The Labute approximate surface area is 109 Å². The van der Waals surface area contributed by atoms with Gasteiger partial charge in [-0.15, -0.1) is 0 Å². The van der Waals surface area contributed by atoms with Crippen molar-refractivity contribution in [1.29, 1.82) is 0 Å². The number of carbonyl (C=O) groups is 1. The van der Waals surface area contributed by atoms with Gasteiger partial charge in [0.1, 0.15) is 5.82 Å². The Hall–Kier alpha value is -1.39. The molecule has 102 valence electrons. The molecular formula is C13H23N3O2. The first kappa shape index (κ1) is 14.7. The normalized spacial score (nSPS) is 12.4. The zero-order chi connectivity index (χ0) is 13.5. The SMILES string of the molecule is CCCC(C(=O)OCC)n1nc(CC)nc1CC. The van der Waals surface area contributed by atoms with E-state index in [0.717, 1.165) is 37.3 Å². The number of ether oxygens (including phenoxy) is 1. The Morgan fingerprint density at radius 1 is 1.28 bits per heavy atom. The van der Waals surface area contributed by atoms with Crippen LogP contribution in [0.1, 0.15) is 58.2 Å². The van der Waals surface area contributed by atoms with Crippen LogP contribution in [0.4, 0.5) is 0 Å². The van der Waals surface area contributed by atoms with Gasteiger partial charge in [-0.05, 0) is 13.3 Å². The fourth-order valence-electron chi connectivity index (χ4n) is 1.90. The molecule has 18 heavy (non-hydrogen) atoms. The summed E-state index contributed by atoms with van der Waals surface area (Å²) in [4.78, 5) is 16.4. The Bertz CT molecular complexity index is 388. The Kier molecular flexibility index (Phi) is 5.82. The summed E-state index contributed by atoms with van der Waals surface area (Å²) in [6.45, 7) is 8.30. The third-order valence-electron chi connectivity index (χ3n) is 2.79. The van der Waals surface area contributed by atoms with Crippen LogP contribution in [0.5, 0.6) is 0 Å². The molecule has 0 aliphatic rings. The van der Waals surface area contributed by atoms with Gasteiger partial charge in [0.25, 0.3) is 0 Å². The van der Waals surface area contributed by atoms with Crippen molar-refractivity contribution in [2.45, 2.75) is 59.4 Å². The highest BCUT2D eigenvalue weighted by Crippen LogP contribution is 2.18. The summed E-state index contributed by atoms with van der Waals surface area (Å²) >= 11 is 0. The van der Waals surface area contributed by atoms with Gasteiger partial charge < -0.3 is 4.74 Å². The number of esters is 1. The lowest BCUT2D eigenvalue weighted by molar-refractivity contribution is -0.147. The maximum Gasteiger partial charge on any atom is 0.330 e. The summed E-state index contributed by atoms with van der Waals surface area (Å²) in [7, 11) is 0. The van der Waals surface area contributed by atoms with E-state index < -0.39 is 0 Å². The molecule has 0 aliphatic carbocycles. The first-order valence-electron chi connectivity index (χ1n) is 6.78. The van der Waals surface area contributed by atoms with Crippen LogP contribution in [-0.4, -0.2) is 27.3 Å². The monoisotopic (exact) mass is 253 g/mol. The van der Waals surface area contributed by atoms with Crippen molar-refractivity contribution in [1.82, 2.24) is 14.8 Å². The molecule has 1 rings (SSSR count). The summed E-state index contributed by atoms with van der Waals surface area (Å²) < 4.78 is 6.88. The highest BCUT2D eigenvalue weighted by atomic mass is 16.5. The molecule has 0 saturated carbocycles.